The van der Waals surface area contributed by atoms with Crippen molar-refractivity contribution in [3.63, 3.8) is 0 Å². The Labute approximate surface area is 690 Å². The molecule has 10 heterocycles. The van der Waals surface area contributed by atoms with Gasteiger partial charge in [-0.2, -0.15) is 0 Å². The largest absolute Gasteiger partial charge is 0.356 e. The van der Waals surface area contributed by atoms with Crippen LogP contribution in [0.4, 0.5) is 57.4 Å². The highest BCUT2D eigenvalue weighted by Gasteiger charge is 2.27. The first-order valence-electron chi connectivity index (χ1n) is 37.6. The smallest absolute Gasteiger partial charge is 0.292 e. The highest BCUT2D eigenvalue weighted by atomic mass is 16.2. The summed E-state index contributed by atoms with van der Waals surface area (Å²) < 4.78 is 14.6. The quantitative estimate of drug-likeness (QED) is 0.0248. The first-order chi connectivity index (χ1) is 57.4. The number of imidazole rings is 4. The SMILES string of the molecule is CC(=O)Nc1cc(C(=O)Nc2cc(C(=O)NCCC(=O)Nc3cn(C)c(C(=O)Nc4cc(C(=O)Nc5cc(C(=O)NCCCC(=O)Nc6cn(C)c(C(=O)Nc7cc(C(=O)Nc8cc(C(=O)NCCC(=O)Nc9cn(C)c(C(=O)Nc%10cn(C)c(C(=O)NCCC(=O)NCCCN(C)C)n%10)n9)n(C)c8)n(C)c7)n6)n(C)c5)n(C)c4)n3)n(C)c2)n(C)c1. The third kappa shape index (κ3) is 23.4. The molecule has 0 fully saturated rings. The van der Waals surface area contributed by atoms with Crippen LogP contribution in [0.2, 0.25) is 0 Å². The number of aryl methyl sites for hydroxylation is 10. The number of carbonyl (C=O) groups is 15. The van der Waals surface area contributed by atoms with Gasteiger partial charge in [0.1, 0.15) is 34.2 Å². The molecule has 10 aromatic heterocycles. The number of nitrogens with one attached hydrogen (secondary N) is 15. The van der Waals surface area contributed by atoms with Gasteiger partial charge in [0.15, 0.2) is 23.3 Å². The maximum absolute atomic E-state index is 13.6. The monoisotopic (exact) mass is 1670 g/mol. The van der Waals surface area contributed by atoms with E-state index in [1.807, 2.05) is 19.0 Å². The van der Waals surface area contributed by atoms with E-state index in [4.69, 9.17) is 0 Å². The molecule has 10 rings (SSSR count). The first-order valence-corrected chi connectivity index (χ1v) is 37.6. The molecule has 45 nitrogen and oxygen atoms in total. The summed E-state index contributed by atoms with van der Waals surface area (Å²) in [6.07, 6.45) is 15.5. The van der Waals surface area contributed by atoms with Crippen molar-refractivity contribution >= 4 is 146 Å². The predicted octanol–water partition coefficient (Wildman–Crippen LogP) is 1.98. The van der Waals surface area contributed by atoms with Crippen molar-refractivity contribution in [1.82, 2.24) is 97.1 Å². The number of carbonyl (C=O) groups excluding carboxylic acids is 15. The van der Waals surface area contributed by atoms with Crippen LogP contribution in [0.25, 0.3) is 0 Å². The van der Waals surface area contributed by atoms with Gasteiger partial charge in [0, 0.05) is 198 Å². The lowest BCUT2D eigenvalue weighted by Gasteiger charge is -2.10. The minimum absolute atomic E-state index is 0.0115. The fraction of sp³-hybridized carbons (Fsp3) is 0.329. The van der Waals surface area contributed by atoms with E-state index < -0.39 is 76.8 Å². The average molecular weight is 1670 g/mol. The molecule has 0 saturated heterocycles. The third-order valence-electron chi connectivity index (χ3n) is 18.3. The molecule has 15 N–H and O–H groups in total. The van der Waals surface area contributed by atoms with Crippen molar-refractivity contribution in [2.45, 2.75) is 45.4 Å². The van der Waals surface area contributed by atoms with Gasteiger partial charge in [-0.25, -0.2) is 19.9 Å². The fourth-order valence-corrected chi connectivity index (χ4v) is 12.4. The molecular formula is C76H94N30O15. The van der Waals surface area contributed by atoms with Crippen molar-refractivity contribution < 1.29 is 71.9 Å². The van der Waals surface area contributed by atoms with Crippen LogP contribution in [0.3, 0.4) is 0 Å². The first kappa shape index (κ1) is 87.9. The second-order valence-corrected chi connectivity index (χ2v) is 28.5. The lowest BCUT2D eigenvalue weighted by atomic mass is 10.3. The molecule has 0 atom stereocenters. The summed E-state index contributed by atoms with van der Waals surface area (Å²) in [4.78, 5) is 214. The molecule has 45 heteroatoms. The summed E-state index contributed by atoms with van der Waals surface area (Å²) >= 11 is 0. The normalized spacial score (nSPS) is 11.0. The van der Waals surface area contributed by atoms with Crippen LogP contribution in [0.1, 0.15) is 151 Å². The standard InChI is InChI=1S/C76H94N30O15/c1-42(107)82-43-26-52(100(7)32-43)70(115)83-45-28-50(98(5)34-45)68(113)79-23-18-61(110)89-56-39-105(12)65(92-56)75(120)87-48-31-53(101(8)37-48)71(116)84-44-27-49(97(4)33-44)67(112)78-20-14-16-60(109)88-55-38-104(11)64(91-55)74(119)86-47-30-54(102(9)36-47)72(117)85-46-29-51(99(6)35-46)69(114)80-24-19-62(111)90-57-40-106(13)66(93-57)76(121)95-58-41-103(10)63(94-58)73(118)81-22-17-59(108)77-21-15-25-96(2)3/h26-41H,14-25H2,1-13H3,(H,77,108)(H,78,112)(H,79,113)(H,80,114)(H,81,118)(H,82,107)(H,83,115)(H,84,116)(H,85,117)(H,86,119)(H,87,120)(H,88,109)(H,89,110)(H,90,111)(H,95,121). The van der Waals surface area contributed by atoms with Gasteiger partial charge in [-0.1, -0.05) is 0 Å². The van der Waals surface area contributed by atoms with Gasteiger partial charge in [-0.05, 0) is 69.9 Å². The lowest BCUT2D eigenvalue weighted by molar-refractivity contribution is -0.121. The maximum Gasteiger partial charge on any atom is 0.292 e. The Balaban J connectivity index is 0.598. The predicted molar refractivity (Wildman–Crippen MR) is 442 cm³/mol. The van der Waals surface area contributed by atoms with E-state index in [2.05, 4.69) is 99.7 Å². The van der Waals surface area contributed by atoms with Crippen molar-refractivity contribution in [3.8, 4) is 0 Å². The van der Waals surface area contributed by atoms with Gasteiger partial charge < -0.3 is 130 Å². The minimum atomic E-state index is -0.687. The number of nitrogens with zero attached hydrogens (tertiary/aromatic N) is 15. The summed E-state index contributed by atoms with van der Waals surface area (Å²) in [5.74, 6) is -7.82. The zero-order valence-electron chi connectivity index (χ0n) is 68.6. The van der Waals surface area contributed by atoms with Gasteiger partial charge in [0.2, 0.25) is 52.8 Å². The van der Waals surface area contributed by atoms with Crippen LogP contribution >= 0.6 is 0 Å². The van der Waals surface area contributed by atoms with Crippen molar-refractivity contribution in [1.29, 1.82) is 0 Å². The van der Waals surface area contributed by atoms with Crippen LogP contribution < -0.4 is 79.8 Å². The number of anilines is 10. The molecule has 0 aromatic carbocycles. The Bertz CT molecular complexity index is 5680. The second-order valence-electron chi connectivity index (χ2n) is 28.5. The van der Waals surface area contributed by atoms with Gasteiger partial charge in [0.05, 0.1) is 34.1 Å². The third-order valence-corrected chi connectivity index (χ3v) is 18.3. The van der Waals surface area contributed by atoms with Gasteiger partial charge >= 0.3 is 0 Å². The fourth-order valence-electron chi connectivity index (χ4n) is 12.4. The molecule has 121 heavy (non-hydrogen) atoms. The van der Waals surface area contributed by atoms with Crippen LogP contribution in [-0.2, 0) is 94.4 Å². The van der Waals surface area contributed by atoms with E-state index in [9.17, 15) is 71.9 Å². The highest BCUT2D eigenvalue weighted by Crippen LogP contribution is 2.24. The molecule has 10 aromatic rings. The van der Waals surface area contributed by atoms with Crippen LogP contribution in [-0.4, -0.2) is 212 Å². The summed E-state index contributed by atoms with van der Waals surface area (Å²) in [6, 6.07) is 8.74. The Morgan fingerprint density at radius 2 is 0.521 bits per heavy atom. The highest BCUT2D eigenvalue weighted by molar-refractivity contribution is 6.10. The van der Waals surface area contributed by atoms with Crippen molar-refractivity contribution in [3.05, 3.63) is 156 Å². The molecule has 15 amide bonds. The number of aromatic nitrogens is 14. The summed E-state index contributed by atoms with van der Waals surface area (Å²) in [5, 5.41) is 40.2. The van der Waals surface area contributed by atoms with E-state index in [0.29, 0.717) is 17.9 Å². The molecule has 638 valence electrons. The van der Waals surface area contributed by atoms with E-state index in [1.54, 1.807) is 80.4 Å². The summed E-state index contributed by atoms with van der Waals surface area (Å²) in [7, 11) is 19.7. The van der Waals surface area contributed by atoms with Crippen molar-refractivity contribution in [2.75, 3.05) is 107 Å². The average Bonchev–Trinajstić information content (AvgIpc) is 1.68. The number of hydrogen-bond acceptors (Lipinski definition) is 20. The Morgan fingerprint density at radius 1 is 0.264 bits per heavy atom. The molecular weight excluding hydrogens is 1570 g/mol. The van der Waals surface area contributed by atoms with Crippen LogP contribution in [0.5, 0.6) is 0 Å². The number of rotatable bonds is 37. The van der Waals surface area contributed by atoms with Crippen LogP contribution in [0.15, 0.2) is 98.4 Å². The summed E-state index contributed by atoms with van der Waals surface area (Å²) in [5.41, 5.74) is 2.85. The van der Waals surface area contributed by atoms with E-state index in [-0.39, 0.29) is 174 Å². The van der Waals surface area contributed by atoms with E-state index >= 15 is 0 Å². The molecule has 0 bridgehead atoms. The molecule has 0 radical (unpaired) electrons. The summed E-state index contributed by atoms with van der Waals surface area (Å²) in [6.45, 7) is 2.67. The Kier molecular flexibility index (Phi) is 28.3. The second kappa shape index (κ2) is 39.0. The van der Waals surface area contributed by atoms with E-state index in [0.717, 1.165) is 13.0 Å². The van der Waals surface area contributed by atoms with E-state index in [1.165, 1.54) is 141 Å². The topological polar surface area (TPSA) is 541 Å². The lowest BCUT2D eigenvalue weighted by Crippen LogP contribution is -2.32. The van der Waals surface area contributed by atoms with Crippen molar-refractivity contribution in [2.24, 2.45) is 70.5 Å². The molecule has 0 unspecified atom stereocenters. The molecule has 0 aliphatic heterocycles. The minimum Gasteiger partial charge on any atom is -0.356 e. The Hall–Kier alpha value is -15.5. The zero-order valence-corrected chi connectivity index (χ0v) is 68.6. The zero-order chi connectivity index (χ0) is 87.8. The molecule has 0 saturated carbocycles. The van der Waals surface area contributed by atoms with Gasteiger partial charge in [-0.3, -0.25) is 71.9 Å². The Morgan fingerprint density at radius 3 is 0.851 bits per heavy atom. The number of hydrogen-bond donors (Lipinski definition) is 15. The molecule has 0 aliphatic carbocycles. The number of amides is 15. The van der Waals surface area contributed by atoms with Gasteiger partial charge in [-0.15, -0.1) is 0 Å². The molecule has 0 aliphatic rings. The maximum atomic E-state index is 13.6. The van der Waals surface area contributed by atoms with Crippen LogP contribution in [0, 0.1) is 0 Å². The van der Waals surface area contributed by atoms with Gasteiger partial charge in [0.25, 0.3) is 59.1 Å². The molecule has 0 spiro atoms.